The van der Waals surface area contributed by atoms with Gasteiger partial charge in [0.15, 0.2) is 0 Å². The van der Waals surface area contributed by atoms with Gasteiger partial charge in [-0.25, -0.2) is 0 Å². The van der Waals surface area contributed by atoms with E-state index >= 15 is 0 Å². The summed E-state index contributed by atoms with van der Waals surface area (Å²) in [7, 11) is 0. The van der Waals surface area contributed by atoms with E-state index < -0.39 is 0 Å². The summed E-state index contributed by atoms with van der Waals surface area (Å²) in [6, 6.07) is 54.3. The van der Waals surface area contributed by atoms with Gasteiger partial charge in [0.05, 0.1) is 0 Å². The standard InChI is InChI=1S/C46H33NOS/c1-29-11-7-8-14-37(29)41-27-35(20-17-30(41)2)47(34-12-5-4-6-13-34)36-21-24-45-42(28-36)40-23-19-33(26-46(40)49-45)31(3)32-18-22-39-38-15-9-10-16-43(38)48-44(39)25-32/h4-28H,3H2,1-2H3. The lowest BCUT2D eigenvalue weighted by Gasteiger charge is -2.26. The number of thiophene rings is 1. The third-order valence-corrected chi connectivity index (χ3v) is 10.9. The molecule has 0 saturated heterocycles. The van der Waals surface area contributed by atoms with E-state index in [2.05, 4.69) is 165 Å². The highest BCUT2D eigenvalue weighted by atomic mass is 32.1. The molecule has 0 saturated carbocycles. The van der Waals surface area contributed by atoms with Crippen molar-refractivity contribution >= 4 is 76.1 Å². The predicted molar refractivity (Wildman–Crippen MR) is 211 cm³/mol. The molecule has 0 unspecified atom stereocenters. The van der Waals surface area contributed by atoms with Crippen molar-refractivity contribution < 1.29 is 4.42 Å². The highest BCUT2D eigenvalue weighted by molar-refractivity contribution is 7.25. The van der Waals surface area contributed by atoms with Crippen LogP contribution in [0.25, 0.3) is 58.8 Å². The average Bonchev–Trinajstić information content (AvgIpc) is 3.70. The Kier molecular flexibility index (Phi) is 6.96. The van der Waals surface area contributed by atoms with E-state index in [-0.39, 0.29) is 0 Å². The Morgan fingerprint density at radius 2 is 1.16 bits per heavy atom. The van der Waals surface area contributed by atoms with Crippen LogP contribution in [0.5, 0.6) is 0 Å². The number of rotatable bonds is 6. The van der Waals surface area contributed by atoms with Crippen molar-refractivity contribution in [1.29, 1.82) is 0 Å². The maximum Gasteiger partial charge on any atom is 0.136 e. The van der Waals surface area contributed by atoms with Crippen LogP contribution in [-0.4, -0.2) is 0 Å². The monoisotopic (exact) mass is 647 g/mol. The lowest BCUT2D eigenvalue weighted by molar-refractivity contribution is 0.669. The van der Waals surface area contributed by atoms with Crippen LogP contribution >= 0.6 is 11.3 Å². The highest BCUT2D eigenvalue weighted by Crippen LogP contribution is 2.43. The third-order valence-electron chi connectivity index (χ3n) is 9.72. The predicted octanol–water partition coefficient (Wildman–Crippen LogP) is 13.8. The normalized spacial score (nSPS) is 11.6. The maximum absolute atomic E-state index is 6.18. The van der Waals surface area contributed by atoms with Gasteiger partial charge in [-0.05, 0) is 120 Å². The molecule has 0 spiro atoms. The van der Waals surface area contributed by atoms with E-state index in [0.717, 1.165) is 55.7 Å². The molecule has 0 aliphatic carbocycles. The molecule has 2 nitrogen and oxygen atoms in total. The van der Waals surface area contributed by atoms with Crippen molar-refractivity contribution in [3.63, 3.8) is 0 Å². The van der Waals surface area contributed by atoms with Crippen molar-refractivity contribution in [3.8, 4) is 11.1 Å². The Morgan fingerprint density at radius 3 is 2.02 bits per heavy atom. The zero-order valence-corrected chi connectivity index (χ0v) is 28.2. The van der Waals surface area contributed by atoms with Gasteiger partial charge in [0.25, 0.3) is 0 Å². The van der Waals surface area contributed by atoms with Gasteiger partial charge in [0, 0.05) is 48.0 Å². The fourth-order valence-electron chi connectivity index (χ4n) is 7.11. The molecule has 3 heteroatoms. The van der Waals surface area contributed by atoms with Gasteiger partial charge >= 0.3 is 0 Å². The molecule has 9 rings (SSSR count). The molecule has 2 aromatic heterocycles. The van der Waals surface area contributed by atoms with Crippen LogP contribution in [0, 0.1) is 13.8 Å². The first-order valence-electron chi connectivity index (χ1n) is 16.6. The number of aryl methyl sites for hydroxylation is 2. The van der Waals surface area contributed by atoms with Gasteiger partial charge in [0.1, 0.15) is 11.2 Å². The second kappa shape index (κ2) is 11.7. The molecule has 2 heterocycles. The van der Waals surface area contributed by atoms with Crippen LogP contribution in [0.2, 0.25) is 0 Å². The SMILES string of the molecule is C=C(c1ccc2c(c1)oc1ccccc12)c1ccc2c(c1)sc1ccc(N(c3ccccc3)c3ccc(C)c(-c4ccccc4C)c3)cc12. The third kappa shape index (κ3) is 5.02. The summed E-state index contributed by atoms with van der Waals surface area (Å²) < 4.78 is 8.70. The summed E-state index contributed by atoms with van der Waals surface area (Å²) in [4.78, 5) is 2.37. The van der Waals surface area contributed by atoms with Crippen molar-refractivity contribution in [2.45, 2.75) is 13.8 Å². The Bertz CT molecular complexity index is 2710. The van der Waals surface area contributed by atoms with Crippen LogP contribution in [0.1, 0.15) is 22.3 Å². The number of para-hydroxylation sites is 2. The van der Waals surface area contributed by atoms with E-state index in [0.29, 0.717) is 0 Å². The molecule has 49 heavy (non-hydrogen) atoms. The first-order valence-corrected chi connectivity index (χ1v) is 17.4. The van der Waals surface area contributed by atoms with Crippen LogP contribution < -0.4 is 4.90 Å². The molecule has 7 aromatic carbocycles. The van der Waals surface area contributed by atoms with Gasteiger partial charge in [-0.15, -0.1) is 11.3 Å². The molecule has 0 amide bonds. The van der Waals surface area contributed by atoms with Crippen molar-refractivity contribution in [1.82, 2.24) is 0 Å². The van der Waals surface area contributed by atoms with E-state index in [1.54, 1.807) is 0 Å². The minimum absolute atomic E-state index is 0.887. The Labute approximate surface area is 289 Å². The summed E-state index contributed by atoms with van der Waals surface area (Å²) >= 11 is 1.83. The minimum Gasteiger partial charge on any atom is -0.456 e. The van der Waals surface area contributed by atoms with E-state index in [1.165, 1.54) is 42.4 Å². The second-order valence-electron chi connectivity index (χ2n) is 12.8. The summed E-state index contributed by atoms with van der Waals surface area (Å²) in [5.74, 6) is 0. The molecule has 0 aliphatic heterocycles. The highest BCUT2D eigenvalue weighted by Gasteiger charge is 2.17. The number of hydrogen-bond acceptors (Lipinski definition) is 3. The van der Waals surface area contributed by atoms with Gasteiger partial charge in [-0.1, -0.05) is 91.5 Å². The Morgan fingerprint density at radius 1 is 0.490 bits per heavy atom. The molecule has 0 aliphatic rings. The zero-order chi connectivity index (χ0) is 33.1. The number of benzene rings is 7. The van der Waals surface area contributed by atoms with E-state index in [4.69, 9.17) is 4.42 Å². The fourth-order valence-corrected chi connectivity index (χ4v) is 8.24. The van der Waals surface area contributed by atoms with E-state index in [1.807, 2.05) is 23.5 Å². The topological polar surface area (TPSA) is 16.4 Å². The number of anilines is 3. The molecule has 9 aromatic rings. The van der Waals surface area contributed by atoms with Gasteiger partial charge in [-0.2, -0.15) is 0 Å². The van der Waals surface area contributed by atoms with E-state index in [9.17, 15) is 0 Å². The summed E-state index contributed by atoms with van der Waals surface area (Å²) in [5.41, 5.74) is 13.4. The van der Waals surface area contributed by atoms with Crippen LogP contribution in [0.4, 0.5) is 17.1 Å². The van der Waals surface area contributed by atoms with Crippen LogP contribution in [0.3, 0.4) is 0 Å². The van der Waals surface area contributed by atoms with Gasteiger partial charge in [-0.3, -0.25) is 0 Å². The first-order chi connectivity index (χ1) is 24.0. The maximum atomic E-state index is 6.18. The van der Waals surface area contributed by atoms with Gasteiger partial charge in [0.2, 0.25) is 0 Å². The smallest absolute Gasteiger partial charge is 0.136 e. The molecule has 0 fully saturated rings. The quantitative estimate of drug-likeness (QED) is 0.179. The van der Waals surface area contributed by atoms with Crippen LogP contribution in [-0.2, 0) is 0 Å². The van der Waals surface area contributed by atoms with Crippen molar-refractivity contribution in [3.05, 3.63) is 180 Å². The number of nitrogens with zero attached hydrogens (tertiary/aromatic N) is 1. The largest absolute Gasteiger partial charge is 0.456 e. The molecule has 0 bridgehead atoms. The zero-order valence-electron chi connectivity index (χ0n) is 27.4. The molecular weight excluding hydrogens is 615 g/mol. The lowest BCUT2D eigenvalue weighted by atomic mass is 9.95. The van der Waals surface area contributed by atoms with Crippen molar-refractivity contribution in [2.24, 2.45) is 0 Å². The summed E-state index contributed by atoms with van der Waals surface area (Å²) in [6.07, 6.45) is 0. The average molecular weight is 648 g/mol. The second-order valence-corrected chi connectivity index (χ2v) is 13.9. The number of furan rings is 1. The molecule has 234 valence electrons. The molecule has 0 radical (unpaired) electrons. The van der Waals surface area contributed by atoms with Crippen molar-refractivity contribution in [2.75, 3.05) is 4.90 Å². The molecule has 0 atom stereocenters. The molecule has 0 N–H and O–H groups in total. The number of hydrogen-bond donors (Lipinski definition) is 0. The minimum atomic E-state index is 0.887. The molecular formula is C46H33NOS. The summed E-state index contributed by atoms with van der Waals surface area (Å²) in [6.45, 7) is 8.90. The lowest BCUT2D eigenvalue weighted by Crippen LogP contribution is -2.10. The Balaban J connectivity index is 1.12. The Hall–Kier alpha value is -5.90. The summed E-state index contributed by atoms with van der Waals surface area (Å²) in [5, 5.41) is 4.78. The van der Waals surface area contributed by atoms with Gasteiger partial charge < -0.3 is 9.32 Å². The first kappa shape index (κ1) is 29.3. The van der Waals surface area contributed by atoms with Crippen LogP contribution in [0.15, 0.2) is 163 Å². The number of fused-ring (bicyclic) bond motifs is 6. The fraction of sp³-hybridized carbons (Fsp3) is 0.0435.